The zero-order chi connectivity index (χ0) is 29.8. The molecule has 0 saturated carbocycles. The van der Waals surface area contributed by atoms with Gasteiger partial charge in [-0.15, -0.1) is 0 Å². The van der Waals surface area contributed by atoms with Crippen LogP contribution < -0.4 is 14.7 Å². The van der Waals surface area contributed by atoms with Crippen LogP contribution in [-0.2, 0) is 0 Å². The second kappa shape index (κ2) is 16.7. The minimum Gasteiger partial charge on any atom is -0.341 e. The Morgan fingerprint density at radius 1 is 0.600 bits per heavy atom. The van der Waals surface area contributed by atoms with Gasteiger partial charge in [-0.05, 0) is 72.6 Å². The van der Waals surface area contributed by atoms with Gasteiger partial charge in [0.05, 0.1) is 11.1 Å². The van der Waals surface area contributed by atoms with Crippen LogP contribution >= 0.6 is 0 Å². The van der Waals surface area contributed by atoms with Crippen molar-refractivity contribution in [2.45, 2.75) is 156 Å². The number of piperidine rings is 1. The summed E-state index contributed by atoms with van der Waals surface area (Å²) < 4.78 is 0. The summed E-state index contributed by atoms with van der Waals surface area (Å²) in [5.41, 5.74) is -0.448. The normalized spacial score (nSPS) is 17.2. The molecule has 2 heterocycles. The number of anilines is 3. The predicted molar refractivity (Wildman–Crippen MR) is 173 cm³/mol. The van der Waals surface area contributed by atoms with E-state index in [2.05, 4.69) is 77.0 Å². The third-order valence-electron chi connectivity index (χ3n) is 8.42. The molecular formula is C32H64N7O+. The van der Waals surface area contributed by atoms with Gasteiger partial charge in [-0.1, -0.05) is 71.8 Å². The number of aromatic nitrogens is 3. The molecule has 1 fully saturated rings. The Hall–Kier alpha value is -1.67. The summed E-state index contributed by atoms with van der Waals surface area (Å²) in [6.45, 7) is 25.0. The highest BCUT2D eigenvalue weighted by atomic mass is 16.5. The van der Waals surface area contributed by atoms with Crippen LogP contribution in [0.5, 0.6) is 0 Å². The van der Waals surface area contributed by atoms with E-state index >= 15 is 0 Å². The summed E-state index contributed by atoms with van der Waals surface area (Å²) in [6, 6.07) is 0.278. The summed E-state index contributed by atoms with van der Waals surface area (Å²) in [5.74, 6) is 2.52. The van der Waals surface area contributed by atoms with Gasteiger partial charge in [0.25, 0.3) is 0 Å². The molecule has 0 radical (unpaired) electrons. The average Bonchev–Trinajstić information content (AvgIpc) is 2.91. The van der Waals surface area contributed by atoms with Crippen molar-refractivity contribution in [1.29, 1.82) is 0 Å². The molecule has 1 aromatic heterocycles. The lowest BCUT2D eigenvalue weighted by atomic mass is 9.78. The molecule has 0 aliphatic carbocycles. The quantitative estimate of drug-likeness (QED) is 0.169. The van der Waals surface area contributed by atoms with E-state index in [0.29, 0.717) is 0 Å². The molecule has 1 aliphatic rings. The van der Waals surface area contributed by atoms with E-state index in [1.165, 1.54) is 0 Å². The standard InChI is InChI=1S/C32H63N7O/c1-10-15-20-36(21-16-11-2)28-33-29(37(22-17-12-3)23-18-13-4)35-30(34-28)38(24-19-14-5)27-25-31(6,7)39(40)32(8,9)26-27/h27,40H,10-26H2,1-9H3/p+1. The Labute approximate surface area is 246 Å². The van der Waals surface area contributed by atoms with Crippen LogP contribution in [0.3, 0.4) is 0 Å². The average molecular weight is 563 g/mol. The highest BCUT2D eigenvalue weighted by Gasteiger charge is 2.50. The van der Waals surface area contributed by atoms with Crippen molar-refractivity contribution in [3.63, 3.8) is 0 Å². The van der Waals surface area contributed by atoms with Gasteiger partial charge in [-0.2, -0.15) is 15.0 Å². The maximum Gasteiger partial charge on any atom is 0.232 e. The van der Waals surface area contributed by atoms with E-state index < -0.39 is 0 Å². The first-order valence-electron chi connectivity index (χ1n) is 16.6. The molecule has 8 nitrogen and oxygen atoms in total. The van der Waals surface area contributed by atoms with Gasteiger partial charge in [0, 0.05) is 38.8 Å². The molecule has 0 atom stereocenters. The lowest BCUT2D eigenvalue weighted by Crippen LogP contribution is -2.63. The molecule has 0 bridgehead atoms. The molecule has 0 unspecified atom stereocenters. The second-order valence-corrected chi connectivity index (χ2v) is 13.2. The fraction of sp³-hybridized carbons (Fsp3) is 0.906. The Morgan fingerprint density at radius 2 is 0.925 bits per heavy atom. The Bertz CT molecular complexity index is 774. The molecule has 2 N–H and O–H groups in total. The van der Waals surface area contributed by atoms with Gasteiger partial charge in [-0.3, -0.25) is 0 Å². The lowest BCUT2D eigenvalue weighted by molar-refractivity contribution is -0.244. The fourth-order valence-corrected chi connectivity index (χ4v) is 6.00. The number of unbranched alkanes of at least 4 members (excludes halogenated alkanes) is 5. The topological polar surface area (TPSA) is 74.5 Å². The smallest absolute Gasteiger partial charge is 0.232 e. The Morgan fingerprint density at radius 3 is 1.27 bits per heavy atom. The number of nitrogens with zero attached hydrogens (tertiary/aromatic N) is 7. The van der Waals surface area contributed by atoms with Crippen LogP contribution in [0.1, 0.15) is 139 Å². The predicted octanol–water partition coefficient (Wildman–Crippen LogP) is 6.95. The molecule has 1 aliphatic heterocycles. The van der Waals surface area contributed by atoms with E-state index in [0.717, 1.165) is 128 Å². The van der Waals surface area contributed by atoms with Crippen LogP contribution in [0, 0.1) is 0 Å². The van der Waals surface area contributed by atoms with Crippen molar-refractivity contribution >= 4 is 17.8 Å². The third kappa shape index (κ3) is 9.71. The van der Waals surface area contributed by atoms with Gasteiger partial charge >= 0.3 is 0 Å². The first-order chi connectivity index (χ1) is 19.0. The number of rotatable bonds is 19. The maximum absolute atomic E-state index is 8.85. The van der Waals surface area contributed by atoms with Crippen molar-refractivity contribution in [3.8, 4) is 0 Å². The molecular weight excluding hydrogens is 498 g/mol. The summed E-state index contributed by atoms with van der Waals surface area (Å²) in [4.78, 5) is 23.0. The van der Waals surface area contributed by atoms with Crippen LogP contribution in [0.25, 0.3) is 0 Å². The summed E-state index contributed by atoms with van der Waals surface area (Å²) in [6.07, 6.45) is 13.3. The maximum atomic E-state index is 8.85. The van der Waals surface area contributed by atoms with Crippen LogP contribution in [0.4, 0.5) is 17.8 Å². The zero-order valence-electron chi connectivity index (χ0n) is 27.7. The molecule has 1 saturated heterocycles. The van der Waals surface area contributed by atoms with E-state index in [4.69, 9.17) is 20.2 Å². The second-order valence-electron chi connectivity index (χ2n) is 13.2. The van der Waals surface area contributed by atoms with Gasteiger partial charge in [0.1, 0.15) is 0 Å². The van der Waals surface area contributed by atoms with Crippen molar-refractivity contribution < 1.29 is 5.21 Å². The molecule has 1 aromatic rings. The van der Waals surface area contributed by atoms with Crippen molar-refractivity contribution in [2.24, 2.45) is 0 Å². The largest absolute Gasteiger partial charge is 0.341 e. The molecule has 232 valence electrons. The summed E-state index contributed by atoms with van der Waals surface area (Å²) in [5, 5.41) is 10.7. The summed E-state index contributed by atoms with van der Waals surface area (Å²) >= 11 is 0. The van der Waals surface area contributed by atoms with Gasteiger partial charge in [0.2, 0.25) is 17.8 Å². The molecule has 0 spiro atoms. The molecule has 40 heavy (non-hydrogen) atoms. The van der Waals surface area contributed by atoms with Crippen LogP contribution in [-0.4, -0.2) is 75.1 Å². The molecule has 8 heteroatoms. The minimum atomic E-state index is -0.224. The molecule has 2 rings (SSSR count). The SMILES string of the molecule is CCCCN(CCCC)c1nc(N(CCCC)CCCC)nc(N(CCCC)C2CC(C)(C)N([OH2+])C(C)(C)C2)n1. The number of hydrogen-bond acceptors (Lipinski definition) is 7. The lowest BCUT2D eigenvalue weighted by Gasteiger charge is -2.50. The van der Waals surface area contributed by atoms with Crippen molar-refractivity contribution in [3.05, 3.63) is 0 Å². The van der Waals surface area contributed by atoms with E-state index in [-0.39, 0.29) is 17.1 Å². The monoisotopic (exact) mass is 563 g/mol. The zero-order valence-corrected chi connectivity index (χ0v) is 27.7. The molecule has 0 amide bonds. The third-order valence-corrected chi connectivity index (χ3v) is 8.42. The van der Waals surface area contributed by atoms with Gasteiger partial charge in [-0.25, -0.2) is 0 Å². The van der Waals surface area contributed by atoms with Crippen molar-refractivity contribution in [2.75, 3.05) is 47.4 Å². The fourth-order valence-electron chi connectivity index (χ4n) is 6.00. The number of hydroxylamine groups is 2. The number of hydrogen-bond donors (Lipinski definition) is 0. The van der Waals surface area contributed by atoms with Crippen molar-refractivity contribution in [1.82, 2.24) is 20.0 Å². The highest BCUT2D eigenvalue weighted by molar-refractivity contribution is 5.47. The Balaban J connectivity index is 2.65. The van der Waals surface area contributed by atoms with Gasteiger partial charge in [0.15, 0.2) is 0 Å². The van der Waals surface area contributed by atoms with Crippen LogP contribution in [0.2, 0.25) is 0 Å². The summed E-state index contributed by atoms with van der Waals surface area (Å²) in [7, 11) is 0. The highest BCUT2D eigenvalue weighted by Crippen LogP contribution is 2.40. The van der Waals surface area contributed by atoms with E-state index in [1.807, 2.05) is 5.06 Å². The molecule has 0 aromatic carbocycles. The van der Waals surface area contributed by atoms with E-state index in [1.54, 1.807) is 0 Å². The minimum absolute atomic E-state index is 0.224. The van der Waals surface area contributed by atoms with Crippen LogP contribution in [0.15, 0.2) is 0 Å². The van der Waals surface area contributed by atoms with E-state index in [9.17, 15) is 0 Å². The first kappa shape index (κ1) is 34.5. The first-order valence-corrected chi connectivity index (χ1v) is 16.6. The van der Waals surface area contributed by atoms with Gasteiger partial charge < -0.3 is 19.9 Å². The Kier molecular flexibility index (Phi) is 14.4.